The Balaban J connectivity index is 2.32. The lowest BCUT2D eigenvalue weighted by molar-refractivity contribution is 0.102. The number of nitrogens with one attached hydrogen (secondary N) is 1. The molecule has 0 aliphatic rings. The molecule has 0 bridgehead atoms. The number of hydrogen-bond donors (Lipinski definition) is 2. The van der Waals surface area contributed by atoms with Crippen LogP contribution in [0.5, 0.6) is 5.75 Å². The SMILES string of the molecule is Cc1cc(O)c(NC(=O)c2cc(Br)ccc2Cl)cc1C. The van der Waals surface area contributed by atoms with E-state index in [2.05, 4.69) is 21.2 Å². The van der Waals surface area contributed by atoms with Crippen LogP contribution in [0.3, 0.4) is 0 Å². The molecule has 0 atom stereocenters. The van der Waals surface area contributed by atoms with Crippen molar-refractivity contribution in [1.82, 2.24) is 0 Å². The molecule has 0 saturated heterocycles. The number of halogens is 2. The molecule has 0 saturated carbocycles. The summed E-state index contributed by atoms with van der Waals surface area (Å²) in [6.45, 7) is 3.81. The van der Waals surface area contributed by atoms with Gasteiger partial charge in [-0.25, -0.2) is 0 Å². The monoisotopic (exact) mass is 353 g/mol. The standard InChI is InChI=1S/C15H13BrClNO2/c1-8-5-13(14(19)6-9(8)2)18-15(20)11-7-10(16)3-4-12(11)17/h3-7,19H,1-2H3,(H,18,20). The Morgan fingerprint density at radius 1 is 1.20 bits per heavy atom. The molecule has 2 aromatic carbocycles. The molecule has 5 heteroatoms. The minimum atomic E-state index is -0.366. The fourth-order valence-corrected chi connectivity index (χ4v) is 2.33. The van der Waals surface area contributed by atoms with Gasteiger partial charge in [0.25, 0.3) is 5.91 Å². The Morgan fingerprint density at radius 3 is 2.55 bits per heavy atom. The Kier molecular flexibility index (Phi) is 4.35. The molecular weight excluding hydrogens is 342 g/mol. The summed E-state index contributed by atoms with van der Waals surface area (Å²) in [5.74, 6) is -0.331. The number of carbonyl (C=O) groups excluding carboxylic acids is 1. The van der Waals surface area contributed by atoms with Crippen molar-refractivity contribution >= 4 is 39.1 Å². The van der Waals surface area contributed by atoms with Gasteiger partial charge in [-0.05, 0) is 55.3 Å². The first-order chi connectivity index (χ1) is 9.38. The van der Waals surface area contributed by atoms with Crippen LogP contribution in [0.1, 0.15) is 21.5 Å². The number of anilines is 1. The van der Waals surface area contributed by atoms with Crippen LogP contribution in [0, 0.1) is 13.8 Å². The van der Waals surface area contributed by atoms with Crippen LogP contribution in [0.4, 0.5) is 5.69 Å². The van der Waals surface area contributed by atoms with Crippen molar-refractivity contribution in [3.63, 3.8) is 0 Å². The van der Waals surface area contributed by atoms with Gasteiger partial charge in [-0.1, -0.05) is 27.5 Å². The highest BCUT2D eigenvalue weighted by molar-refractivity contribution is 9.10. The Morgan fingerprint density at radius 2 is 1.85 bits per heavy atom. The maximum absolute atomic E-state index is 12.2. The zero-order valence-electron chi connectivity index (χ0n) is 11.0. The van der Waals surface area contributed by atoms with Crippen molar-refractivity contribution in [2.75, 3.05) is 5.32 Å². The topological polar surface area (TPSA) is 49.3 Å². The molecule has 3 nitrogen and oxygen atoms in total. The zero-order valence-corrected chi connectivity index (χ0v) is 13.3. The highest BCUT2D eigenvalue weighted by atomic mass is 79.9. The van der Waals surface area contributed by atoms with Gasteiger partial charge in [0.1, 0.15) is 5.75 Å². The summed E-state index contributed by atoms with van der Waals surface area (Å²) in [6.07, 6.45) is 0. The normalized spacial score (nSPS) is 10.4. The van der Waals surface area contributed by atoms with Crippen LogP contribution < -0.4 is 5.32 Å². The van der Waals surface area contributed by atoms with Crippen molar-refractivity contribution in [2.45, 2.75) is 13.8 Å². The minimum Gasteiger partial charge on any atom is -0.506 e. The van der Waals surface area contributed by atoms with Crippen LogP contribution in [0.25, 0.3) is 0 Å². The van der Waals surface area contributed by atoms with Gasteiger partial charge in [-0.3, -0.25) is 4.79 Å². The smallest absolute Gasteiger partial charge is 0.257 e. The van der Waals surface area contributed by atoms with E-state index in [0.29, 0.717) is 16.3 Å². The number of hydrogen-bond acceptors (Lipinski definition) is 2. The number of phenols is 1. The van der Waals surface area contributed by atoms with Gasteiger partial charge >= 0.3 is 0 Å². The van der Waals surface area contributed by atoms with Gasteiger partial charge in [0, 0.05) is 4.47 Å². The van der Waals surface area contributed by atoms with E-state index < -0.39 is 0 Å². The Labute approximate surface area is 130 Å². The fraction of sp³-hybridized carbons (Fsp3) is 0.133. The molecule has 20 heavy (non-hydrogen) atoms. The third kappa shape index (κ3) is 3.14. The van der Waals surface area contributed by atoms with Gasteiger partial charge in [-0.2, -0.15) is 0 Å². The van der Waals surface area contributed by atoms with E-state index in [4.69, 9.17) is 11.6 Å². The quantitative estimate of drug-likeness (QED) is 0.770. The van der Waals surface area contributed by atoms with Gasteiger partial charge in [-0.15, -0.1) is 0 Å². The van der Waals surface area contributed by atoms with Gasteiger partial charge in [0.15, 0.2) is 0 Å². The number of phenolic OH excluding ortho intramolecular Hbond substituents is 1. The first-order valence-corrected chi connectivity index (χ1v) is 7.12. The Hall–Kier alpha value is -1.52. The van der Waals surface area contributed by atoms with Crippen molar-refractivity contribution in [2.24, 2.45) is 0 Å². The van der Waals surface area contributed by atoms with Crippen molar-refractivity contribution < 1.29 is 9.90 Å². The molecule has 104 valence electrons. The molecule has 0 aliphatic carbocycles. The molecule has 0 spiro atoms. The fourth-order valence-electron chi connectivity index (χ4n) is 1.76. The predicted octanol–water partition coefficient (Wildman–Crippen LogP) is 4.68. The number of aryl methyl sites for hydroxylation is 2. The molecule has 0 aliphatic heterocycles. The lowest BCUT2D eigenvalue weighted by Crippen LogP contribution is -2.13. The maximum atomic E-state index is 12.2. The van der Waals surface area contributed by atoms with Gasteiger partial charge in [0.05, 0.1) is 16.3 Å². The van der Waals surface area contributed by atoms with Crippen LogP contribution in [0.2, 0.25) is 5.02 Å². The van der Waals surface area contributed by atoms with Gasteiger partial charge in [0.2, 0.25) is 0 Å². The third-order valence-electron chi connectivity index (χ3n) is 3.03. The second kappa shape index (κ2) is 5.85. The van der Waals surface area contributed by atoms with E-state index in [1.54, 1.807) is 30.3 Å². The summed E-state index contributed by atoms with van der Waals surface area (Å²) < 4.78 is 0.761. The summed E-state index contributed by atoms with van der Waals surface area (Å²) in [4.78, 5) is 12.2. The van der Waals surface area contributed by atoms with Crippen LogP contribution in [0.15, 0.2) is 34.8 Å². The number of carbonyl (C=O) groups is 1. The molecule has 0 radical (unpaired) electrons. The molecule has 2 N–H and O–H groups in total. The summed E-state index contributed by atoms with van der Waals surface area (Å²) in [5.41, 5.74) is 2.66. The molecule has 0 unspecified atom stereocenters. The van der Waals surface area contributed by atoms with E-state index in [0.717, 1.165) is 15.6 Å². The molecule has 0 heterocycles. The summed E-state index contributed by atoms with van der Waals surface area (Å²) in [6, 6.07) is 8.38. The summed E-state index contributed by atoms with van der Waals surface area (Å²) >= 11 is 9.31. The highest BCUT2D eigenvalue weighted by Crippen LogP contribution is 2.28. The first kappa shape index (κ1) is 14.9. The Bertz CT molecular complexity index is 686. The maximum Gasteiger partial charge on any atom is 0.257 e. The van der Waals surface area contributed by atoms with E-state index in [9.17, 15) is 9.90 Å². The minimum absolute atomic E-state index is 0.0348. The molecule has 2 rings (SSSR count). The van der Waals surface area contributed by atoms with Crippen molar-refractivity contribution in [1.29, 1.82) is 0 Å². The van der Waals surface area contributed by atoms with E-state index in [-0.39, 0.29) is 11.7 Å². The predicted molar refractivity (Wildman–Crippen MR) is 84.7 cm³/mol. The second-order valence-corrected chi connectivity index (χ2v) is 5.85. The van der Waals surface area contributed by atoms with Crippen LogP contribution >= 0.6 is 27.5 Å². The lowest BCUT2D eigenvalue weighted by Gasteiger charge is -2.11. The number of amides is 1. The lowest BCUT2D eigenvalue weighted by atomic mass is 10.1. The van der Waals surface area contributed by atoms with Crippen molar-refractivity contribution in [3.05, 3.63) is 56.5 Å². The summed E-state index contributed by atoms with van der Waals surface area (Å²) in [5, 5.41) is 12.9. The first-order valence-electron chi connectivity index (χ1n) is 5.95. The molecular formula is C15H13BrClNO2. The van der Waals surface area contributed by atoms with Crippen LogP contribution in [-0.2, 0) is 0 Å². The van der Waals surface area contributed by atoms with Crippen molar-refractivity contribution in [3.8, 4) is 5.75 Å². The molecule has 1 amide bonds. The zero-order chi connectivity index (χ0) is 14.9. The summed E-state index contributed by atoms with van der Waals surface area (Å²) in [7, 11) is 0. The van der Waals surface area contributed by atoms with E-state index in [1.165, 1.54) is 0 Å². The van der Waals surface area contributed by atoms with E-state index >= 15 is 0 Å². The average molecular weight is 355 g/mol. The highest BCUT2D eigenvalue weighted by Gasteiger charge is 2.13. The number of benzene rings is 2. The molecule has 2 aromatic rings. The van der Waals surface area contributed by atoms with Crippen LogP contribution in [-0.4, -0.2) is 11.0 Å². The largest absolute Gasteiger partial charge is 0.506 e. The average Bonchev–Trinajstić information content (AvgIpc) is 2.38. The molecule has 0 aromatic heterocycles. The second-order valence-electron chi connectivity index (χ2n) is 4.53. The molecule has 0 fully saturated rings. The third-order valence-corrected chi connectivity index (χ3v) is 3.86. The number of aromatic hydroxyl groups is 1. The number of rotatable bonds is 2. The van der Waals surface area contributed by atoms with Gasteiger partial charge < -0.3 is 10.4 Å². The van der Waals surface area contributed by atoms with E-state index in [1.807, 2.05) is 13.8 Å².